The maximum atomic E-state index is 12.4. The van der Waals surface area contributed by atoms with E-state index in [-0.39, 0.29) is 16.6 Å². The second kappa shape index (κ2) is 7.67. The fraction of sp³-hybridized carbons (Fsp3) is 0.111. The van der Waals surface area contributed by atoms with Crippen LogP contribution in [0.25, 0.3) is 0 Å². The Bertz CT molecular complexity index is 998. The van der Waals surface area contributed by atoms with Crippen molar-refractivity contribution in [1.82, 2.24) is 4.98 Å². The first-order valence-corrected chi connectivity index (χ1v) is 10.2. The highest BCUT2D eigenvalue weighted by atomic mass is 32.2. The van der Waals surface area contributed by atoms with Crippen LogP contribution in [0.1, 0.15) is 15.4 Å². The van der Waals surface area contributed by atoms with E-state index in [9.17, 15) is 13.2 Å². The number of hydrogen-bond donors (Lipinski definition) is 1. The molecular weight excluding hydrogens is 372 g/mol. The maximum Gasteiger partial charge on any atom is 0.259 e. The van der Waals surface area contributed by atoms with Crippen LogP contribution in [0.4, 0.5) is 5.69 Å². The van der Waals surface area contributed by atoms with E-state index in [2.05, 4.69) is 10.3 Å². The van der Waals surface area contributed by atoms with E-state index in [1.54, 1.807) is 48.0 Å². The number of anilines is 1. The molecule has 3 rings (SSSR count). The highest BCUT2D eigenvalue weighted by Crippen LogP contribution is 2.22. The van der Waals surface area contributed by atoms with Gasteiger partial charge in [0.2, 0.25) is 0 Å². The first-order valence-electron chi connectivity index (χ1n) is 7.65. The van der Waals surface area contributed by atoms with Crippen LogP contribution in [0.15, 0.2) is 65.0 Å². The molecule has 2 aromatic carbocycles. The molecule has 0 fully saturated rings. The number of rotatable bonds is 6. The van der Waals surface area contributed by atoms with Crippen LogP contribution in [0.5, 0.6) is 5.75 Å². The molecule has 1 amide bonds. The predicted molar refractivity (Wildman–Crippen MR) is 100 cm³/mol. The third kappa shape index (κ3) is 4.09. The predicted octanol–water partition coefficient (Wildman–Crippen LogP) is 3.38. The zero-order chi connectivity index (χ0) is 18.6. The number of nitrogens with zero attached hydrogens (tertiary/aromatic N) is 1. The lowest BCUT2D eigenvalue weighted by Gasteiger charge is -2.09. The molecule has 0 aliphatic carbocycles. The minimum atomic E-state index is -3.48. The fourth-order valence-corrected chi connectivity index (χ4v) is 4.60. The molecule has 0 bridgehead atoms. The van der Waals surface area contributed by atoms with E-state index in [1.165, 1.54) is 30.6 Å². The summed E-state index contributed by atoms with van der Waals surface area (Å²) in [6.45, 7) is 0. The number of aromatic nitrogens is 1. The summed E-state index contributed by atoms with van der Waals surface area (Å²) in [4.78, 5) is 16.6. The van der Waals surface area contributed by atoms with E-state index in [0.29, 0.717) is 22.0 Å². The smallest absolute Gasteiger partial charge is 0.259 e. The second-order valence-electron chi connectivity index (χ2n) is 5.36. The number of carbonyl (C=O) groups is 1. The molecule has 1 heterocycles. The van der Waals surface area contributed by atoms with Gasteiger partial charge in [-0.15, -0.1) is 11.3 Å². The van der Waals surface area contributed by atoms with Crippen LogP contribution < -0.4 is 10.1 Å². The van der Waals surface area contributed by atoms with Crippen molar-refractivity contribution in [2.45, 2.75) is 10.6 Å². The monoisotopic (exact) mass is 388 g/mol. The number of nitrogens with one attached hydrogen (secondary N) is 1. The van der Waals surface area contributed by atoms with E-state index in [4.69, 9.17) is 4.74 Å². The van der Waals surface area contributed by atoms with Gasteiger partial charge in [-0.1, -0.05) is 12.1 Å². The fourth-order valence-electron chi connectivity index (χ4n) is 2.35. The Labute approximate surface area is 155 Å². The number of benzene rings is 2. The summed E-state index contributed by atoms with van der Waals surface area (Å²) in [5.41, 5.74) is 0.893. The van der Waals surface area contributed by atoms with Gasteiger partial charge in [0.25, 0.3) is 5.91 Å². The minimum Gasteiger partial charge on any atom is -0.496 e. The van der Waals surface area contributed by atoms with Gasteiger partial charge < -0.3 is 10.1 Å². The number of carbonyl (C=O) groups excluding carboxylic acids is 1. The van der Waals surface area contributed by atoms with Crippen molar-refractivity contribution < 1.29 is 17.9 Å². The Balaban J connectivity index is 1.74. The van der Waals surface area contributed by atoms with E-state index < -0.39 is 9.84 Å². The molecule has 0 unspecified atom stereocenters. The summed E-state index contributed by atoms with van der Waals surface area (Å²) >= 11 is 1.30. The van der Waals surface area contributed by atoms with E-state index in [0.717, 1.165) is 0 Å². The van der Waals surface area contributed by atoms with Crippen LogP contribution >= 0.6 is 11.3 Å². The number of thiazole rings is 1. The number of para-hydroxylation sites is 1. The Morgan fingerprint density at radius 2 is 1.88 bits per heavy atom. The molecule has 1 N–H and O–H groups in total. The molecule has 26 heavy (non-hydrogen) atoms. The number of ether oxygens (including phenoxy) is 1. The van der Waals surface area contributed by atoms with Crippen molar-refractivity contribution in [1.29, 1.82) is 0 Å². The number of methoxy groups -OCH3 is 1. The third-order valence-electron chi connectivity index (χ3n) is 3.62. The van der Waals surface area contributed by atoms with Crippen molar-refractivity contribution in [3.05, 3.63) is 70.7 Å². The summed E-state index contributed by atoms with van der Waals surface area (Å²) < 4.78 is 30.0. The van der Waals surface area contributed by atoms with E-state index >= 15 is 0 Å². The van der Waals surface area contributed by atoms with Gasteiger partial charge in [-0.2, -0.15) is 0 Å². The molecule has 6 nitrogen and oxygen atoms in total. The molecule has 0 spiro atoms. The van der Waals surface area contributed by atoms with Gasteiger partial charge in [-0.3, -0.25) is 4.79 Å². The molecule has 0 aliphatic rings. The lowest BCUT2D eigenvalue weighted by molar-refractivity contribution is 0.102. The van der Waals surface area contributed by atoms with Crippen LogP contribution in [0.3, 0.4) is 0 Å². The van der Waals surface area contributed by atoms with Crippen molar-refractivity contribution in [3.63, 3.8) is 0 Å². The normalized spacial score (nSPS) is 11.1. The van der Waals surface area contributed by atoms with Gasteiger partial charge in [0.15, 0.2) is 9.84 Å². The third-order valence-corrected chi connectivity index (χ3v) is 6.23. The summed E-state index contributed by atoms with van der Waals surface area (Å²) in [5.74, 6) is -0.00842. The average Bonchev–Trinajstić information content (AvgIpc) is 3.14. The zero-order valence-electron chi connectivity index (χ0n) is 13.9. The van der Waals surface area contributed by atoms with Gasteiger partial charge in [0.1, 0.15) is 16.5 Å². The average molecular weight is 388 g/mol. The second-order valence-corrected chi connectivity index (χ2v) is 8.33. The Morgan fingerprint density at radius 3 is 2.54 bits per heavy atom. The largest absolute Gasteiger partial charge is 0.496 e. The van der Waals surface area contributed by atoms with Gasteiger partial charge >= 0.3 is 0 Å². The standard InChI is InChI=1S/C18H16N2O4S2/c1-24-16-5-3-2-4-15(16)18(21)20-13-6-8-14(9-7-13)26(22,23)12-17-19-10-11-25-17/h2-11H,12H2,1H3,(H,20,21). The first kappa shape index (κ1) is 18.1. The van der Waals surface area contributed by atoms with Gasteiger partial charge in [-0.25, -0.2) is 13.4 Å². The maximum absolute atomic E-state index is 12.4. The quantitative estimate of drug-likeness (QED) is 0.700. The topological polar surface area (TPSA) is 85.4 Å². The van der Waals surface area contributed by atoms with Crippen LogP contribution in [0, 0.1) is 0 Å². The minimum absolute atomic E-state index is 0.141. The lowest BCUT2D eigenvalue weighted by Crippen LogP contribution is -2.13. The van der Waals surface area contributed by atoms with Gasteiger partial charge in [0, 0.05) is 17.3 Å². The summed E-state index contributed by atoms with van der Waals surface area (Å²) in [6, 6.07) is 12.9. The Kier molecular flexibility index (Phi) is 5.34. The molecule has 0 saturated carbocycles. The number of hydrogen-bond acceptors (Lipinski definition) is 6. The van der Waals surface area contributed by atoms with Crippen LogP contribution in [-0.4, -0.2) is 26.4 Å². The summed E-state index contributed by atoms with van der Waals surface area (Å²) in [7, 11) is -1.98. The first-order chi connectivity index (χ1) is 12.5. The van der Waals surface area contributed by atoms with E-state index in [1.807, 2.05) is 0 Å². The molecule has 134 valence electrons. The van der Waals surface area contributed by atoms with Crippen molar-refractivity contribution in [2.75, 3.05) is 12.4 Å². The SMILES string of the molecule is COc1ccccc1C(=O)Nc1ccc(S(=O)(=O)Cc2nccs2)cc1. The van der Waals surface area contributed by atoms with Crippen molar-refractivity contribution >= 4 is 32.8 Å². The number of amides is 1. The lowest BCUT2D eigenvalue weighted by atomic mass is 10.2. The van der Waals surface area contributed by atoms with Crippen molar-refractivity contribution in [2.24, 2.45) is 0 Å². The highest BCUT2D eigenvalue weighted by Gasteiger charge is 2.17. The van der Waals surface area contributed by atoms with Gasteiger partial charge in [-0.05, 0) is 36.4 Å². The summed E-state index contributed by atoms with van der Waals surface area (Å²) in [5, 5.41) is 5.01. The van der Waals surface area contributed by atoms with Gasteiger partial charge in [0.05, 0.1) is 17.6 Å². The molecule has 0 radical (unpaired) electrons. The Morgan fingerprint density at radius 1 is 1.15 bits per heavy atom. The van der Waals surface area contributed by atoms with Crippen LogP contribution in [0.2, 0.25) is 0 Å². The molecular formula is C18H16N2O4S2. The highest BCUT2D eigenvalue weighted by molar-refractivity contribution is 7.90. The molecule has 3 aromatic rings. The van der Waals surface area contributed by atoms with Crippen LogP contribution in [-0.2, 0) is 15.6 Å². The Hall–Kier alpha value is -2.71. The number of sulfone groups is 1. The molecule has 0 saturated heterocycles. The molecule has 0 atom stereocenters. The zero-order valence-corrected chi connectivity index (χ0v) is 15.5. The molecule has 0 aliphatic heterocycles. The molecule has 8 heteroatoms. The van der Waals surface area contributed by atoms with Crippen molar-refractivity contribution in [3.8, 4) is 5.75 Å². The molecule has 1 aromatic heterocycles. The summed E-state index contributed by atoms with van der Waals surface area (Å²) in [6.07, 6.45) is 1.58.